The number of nitrogens with zero attached hydrogens (tertiary/aromatic N) is 2. The zero-order valence-electron chi connectivity index (χ0n) is 12.3. The molecule has 1 atom stereocenters. The largest absolute Gasteiger partial charge is 0.292 e. The van der Waals surface area contributed by atoms with Gasteiger partial charge in [0.1, 0.15) is 0 Å². The van der Waals surface area contributed by atoms with Crippen LogP contribution >= 0.6 is 11.3 Å². The van der Waals surface area contributed by atoms with Gasteiger partial charge in [-0.1, -0.05) is 20.3 Å². The van der Waals surface area contributed by atoms with E-state index >= 15 is 0 Å². The third-order valence-corrected chi connectivity index (χ3v) is 6.33. The maximum absolute atomic E-state index is 12.3. The lowest BCUT2D eigenvalue weighted by Crippen LogP contribution is -2.50. The lowest BCUT2D eigenvalue weighted by Gasteiger charge is -2.33. The second kappa shape index (κ2) is 6.85. The van der Waals surface area contributed by atoms with Crippen LogP contribution in [0.3, 0.4) is 0 Å². The summed E-state index contributed by atoms with van der Waals surface area (Å²) >= 11 is 1.05. The quantitative estimate of drug-likeness (QED) is 0.882. The molecular formula is C13H21N3O3S2. The number of piperidine rings is 1. The first-order valence-electron chi connectivity index (χ1n) is 7.23. The molecule has 2 heterocycles. The van der Waals surface area contributed by atoms with Crippen molar-refractivity contribution in [1.82, 2.24) is 14.6 Å². The van der Waals surface area contributed by atoms with Gasteiger partial charge in [0.2, 0.25) is 4.34 Å². The van der Waals surface area contributed by atoms with Gasteiger partial charge in [-0.3, -0.25) is 9.69 Å². The second-order valence-corrected chi connectivity index (χ2v) is 7.78. The standard InChI is InChI=1S/C13H21N3O3S2/c1-3-10-9-20-13(14-10)21(18,19)15-12(17)11-7-5-6-8-16(11)4-2/h9,11H,3-8H2,1-2H3,(H,15,17). The smallest absolute Gasteiger partial charge is 0.291 e. The number of aryl methyl sites for hydroxylation is 1. The van der Waals surface area contributed by atoms with E-state index in [0.29, 0.717) is 12.8 Å². The number of amides is 1. The lowest BCUT2D eigenvalue weighted by molar-refractivity contribution is -0.125. The van der Waals surface area contributed by atoms with Gasteiger partial charge in [0, 0.05) is 5.38 Å². The minimum absolute atomic E-state index is 0.0356. The molecule has 1 aromatic rings. The van der Waals surface area contributed by atoms with Crippen LogP contribution < -0.4 is 4.72 Å². The molecule has 1 aromatic heterocycles. The van der Waals surface area contributed by atoms with Crippen LogP contribution in [0.1, 0.15) is 38.8 Å². The van der Waals surface area contributed by atoms with Crippen molar-refractivity contribution in [2.24, 2.45) is 0 Å². The summed E-state index contributed by atoms with van der Waals surface area (Å²) in [5, 5.41) is 1.71. The minimum atomic E-state index is -3.85. The zero-order valence-corrected chi connectivity index (χ0v) is 14.0. The number of nitrogens with one attached hydrogen (secondary N) is 1. The fourth-order valence-electron chi connectivity index (χ4n) is 2.48. The monoisotopic (exact) mass is 331 g/mol. The average Bonchev–Trinajstić information content (AvgIpc) is 2.96. The van der Waals surface area contributed by atoms with Crippen molar-refractivity contribution in [3.05, 3.63) is 11.1 Å². The molecule has 118 valence electrons. The molecule has 6 nitrogen and oxygen atoms in total. The Kier molecular flexibility index (Phi) is 5.34. The highest BCUT2D eigenvalue weighted by atomic mass is 32.2. The lowest BCUT2D eigenvalue weighted by atomic mass is 10.0. The fourth-order valence-corrected chi connectivity index (χ4v) is 4.61. The number of likely N-dealkylation sites (N-methyl/N-ethyl adjacent to an activating group) is 1. The summed E-state index contributed by atoms with van der Waals surface area (Å²) in [4.78, 5) is 18.3. The Balaban J connectivity index is 2.10. The summed E-state index contributed by atoms with van der Waals surface area (Å²) in [5.74, 6) is -0.440. The first-order chi connectivity index (χ1) is 9.97. The number of hydrogen-bond acceptors (Lipinski definition) is 6. The summed E-state index contributed by atoms with van der Waals surface area (Å²) in [5.41, 5.74) is 0.723. The Morgan fingerprint density at radius 1 is 1.48 bits per heavy atom. The molecule has 0 aliphatic carbocycles. The number of sulfonamides is 1. The van der Waals surface area contributed by atoms with Gasteiger partial charge in [-0.05, 0) is 32.4 Å². The van der Waals surface area contributed by atoms with Gasteiger partial charge >= 0.3 is 0 Å². The summed E-state index contributed by atoms with van der Waals surface area (Å²) < 4.78 is 26.6. The van der Waals surface area contributed by atoms with Crippen molar-refractivity contribution < 1.29 is 13.2 Å². The minimum Gasteiger partial charge on any atom is -0.292 e. The molecule has 0 bridgehead atoms. The SMILES string of the molecule is CCc1csc(S(=O)(=O)NC(=O)C2CCCCN2CC)n1. The zero-order chi connectivity index (χ0) is 15.5. The van der Waals surface area contributed by atoms with Crippen LogP contribution in [0.4, 0.5) is 0 Å². The molecule has 21 heavy (non-hydrogen) atoms. The van der Waals surface area contributed by atoms with Crippen LogP contribution in [0, 0.1) is 0 Å². The molecule has 1 aliphatic rings. The van der Waals surface area contributed by atoms with Crippen molar-refractivity contribution in [3.63, 3.8) is 0 Å². The van der Waals surface area contributed by atoms with E-state index in [1.807, 2.05) is 18.7 Å². The Labute approximate surface area is 129 Å². The third-order valence-electron chi connectivity index (χ3n) is 3.68. The van der Waals surface area contributed by atoms with Crippen molar-refractivity contribution in [3.8, 4) is 0 Å². The fraction of sp³-hybridized carbons (Fsp3) is 0.692. The van der Waals surface area contributed by atoms with Crippen LogP contribution in [0.2, 0.25) is 0 Å². The highest BCUT2D eigenvalue weighted by Crippen LogP contribution is 2.19. The van der Waals surface area contributed by atoms with Gasteiger partial charge in [-0.15, -0.1) is 11.3 Å². The molecule has 0 spiro atoms. The summed E-state index contributed by atoms with van der Waals surface area (Å²) in [6.45, 7) is 5.47. The average molecular weight is 331 g/mol. The Morgan fingerprint density at radius 3 is 2.86 bits per heavy atom. The normalized spacial score (nSPS) is 20.4. The second-order valence-electron chi connectivity index (χ2n) is 5.07. The molecule has 8 heteroatoms. The number of likely N-dealkylation sites (tertiary alicyclic amines) is 1. The van der Waals surface area contributed by atoms with E-state index in [4.69, 9.17) is 0 Å². The topological polar surface area (TPSA) is 79.4 Å². The molecule has 0 radical (unpaired) electrons. The van der Waals surface area contributed by atoms with Crippen molar-refractivity contribution >= 4 is 27.3 Å². The predicted molar refractivity (Wildman–Crippen MR) is 81.7 cm³/mol. The van der Waals surface area contributed by atoms with E-state index in [0.717, 1.165) is 43.0 Å². The first-order valence-corrected chi connectivity index (χ1v) is 9.59. The number of rotatable bonds is 5. The molecule has 1 fully saturated rings. The molecule has 1 unspecified atom stereocenters. The molecule has 2 rings (SSSR count). The Hall–Kier alpha value is -0.990. The maximum atomic E-state index is 12.3. The van der Waals surface area contributed by atoms with Crippen molar-refractivity contribution in [2.75, 3.05) is 13.1 Å². The molecule has 1 amide bonds. The Morgan fingerprint density at radius 2 is 2.24 bits per heavy atom. The van der Waals surface area contributed by atoms with Gasteiger partial charge in [-0.2, -0.15) is 8.42 Å². The molecule has 1 N–H and O–H groups in total. The number of aromatic nitrogens is 1. The molecule has 1 saturated heterocycles. The highest BCUT2D eigenvalue weighted by Gasteiger charge is 2.31. The van der Waals surface area contributed by atoms with E-state index in [2.05, 4.69) is 9.71 Å². The first kappa shape index (κ1) is 16.4. The summed E-state index contributed by atoms with van der Waals surface area (Å²) in [7, 11) is -3.85. The van der Waals surface area contributed by atoms with E-state index in [9.17, 15) is 13.2 Å². The van der Waals surface area contributed by atoms with Gasteiger partial charge in [0.05, 0.1) is 11.7 Å². The van der Waals surface area contributed by atoms with Gasteiger partial charge in [0.25, 0.3) is 15.9 Å². The van der Waals surface area contributed by atoms with E-state index in [1.54, 1.807) is 5.38 Å². The van der Waals surface area contributed by atoms with Crippen LogP contribution in [-0.4, -0.2) is 43.3 Å². The van der Waals surface area contributed by atoms with Crippen LogP contribution in [-0.2, 0) is 21.2 Å². The summed E-state index contributed by atoms with van der Waals surface area (Å²) in [6.07, 6.45) is 3.38. The van der Waals surface area contributed by atoms with Crippen molar-refractivity contribution in [1.29, 1.82) is 0 Å². The van der Waals surface area contributed by atoms with E-state index in [-0.39, 0.29) is 10.4 Å². The predicted octanol–water partition coefficient (Wildman–Crippen LogP) is 1.38. The van der Waals surface area contributed by atoms with Crippen LogP contribution in [0.5, 0.6) is 0 Å². The van der Waals surface area contributed by atoms with Crippen molar-refractivity contribution in [2.45, 2.75) is 49.9 Å². The molecule has 1 aliphatic heterocycles. The third kappa shape index (κ3) is 3.81. The molecular weight excluding hydrogens is 310 g/mol. The number of thiazole rings is 1. The van der Waals surface area contributed by atoms with Gasteiger partial charge < -0.3 is 0 Å². The maximum Gasteiger partial charge on any atom is 0.291 e. The van der Waals surface area contributed by atoms with Gasteiger partial charge in [0.15, 0.2) is 0 Å². The van der Waals surface area contributed by atoms with Crippen LogP contribution in [0.25, 0.3) is 0 Å². The van der Waals surface area contributed by atoms with Crippen LogP contribution in [0.15, 0.2) is 9.72 Å². The number of hydrogen-bond donors (Lipinski definition) is 1. The van der Waals surface area contributed by atoms with E-state index in [1.165, 1.54) is 0 Å². The Bertz CT molecular complexity index is 598. The highest BCUT2D eigenvalue weighted by molar-refractivity contribution is 7.92. The molecule has 0 saturated carbocycles. The van der Waals surface area contributed by atoms with Gasteiger partial charge in [-0.25, -0.2) is 9.71 Å². The number of carbonyl (C=O) groups excluding carboxylic acids is 1. The number of carbonyl (C=O) groups is 1. The summed E-state index contributed by atoms with van der Waals surface area (Å²) in [6, 6.07) is -0.357. The van der Waals surface area contributed by atoms with E-state index < -0.39 is 15.9 Å². The molecule has 0 aromatic carbocycles.